The second-order valence-corrected chi connectivity index (χ2v) is 3.67. The Hall–Kier alpha value is -1.66. The molecule has 0 unspecified atom stereocenters. The SMILES string of the molecule is C=CCCCCCC=CCC#CC#C/C=C\C. The normalized spacial score (nSPS) is 9.71. The quantitative estimate of drug-likeness (QED) is 0.337. The van der Waals surface area contributed by atoms with E-state index in [0.717, 1.165) is 19.3 Å². The maximum Gasteiger partial charge on any atom is 0.0279 e. The van der Waals surface area contributed by atoms with Gasteiger partial charge in [0.1, 0.15) is 0 Å². The van der Waals surface area contributed by atoms with Gasteiger partial charge in [0, 0.05) is 6.42 Å². The third-order valence-electron chi connectivity index (χ3n) is 2.14. The lowest BCUT2D eigenvalue weighted by Gasteiger charge is -1.93. The molecular weight excluding hydrogens is 204 g/mol. The van der Waals surface area contributed by atoms with E-state index in [2.05, 4.69) is 42.4 Å². The van der Waals surface area contributed by atoms with E-state index in [9.17, 15) is 0 Å². The minimum atomic E-state index is 0.803. The van der Waals surface area contributed by atoms with Crippen molar-refractivity contribution in [2.24, 2.45) is 0 Å². The number of rotatable bonds is 7. The first-order valence-electron chi connectivity index (χ1n) is 6.27. The lowest BCUT2D eigenvalue weighted by atomic mass is 10.1. The summed E-state index contributed by atoms with van der Waals surface area (Å²) in [7, 11) is 0. The van der Waals surface area contributed by atoms with Crippen LogP contribution in [-0.4, -0.2) is 0 Å². The largest absolute Gasteiger partial charge is 0.103 e. The molecule has 0 aromatic heterocycles. The first-order chi connectivity index (χ1) is 8.41. The van der Waals surface area contributed by atoms with Crippen LogP contribution >= 0.6 is 0 Å². The average molecular weight is 226 g/mol. The zero-order chi connectivity index (χ0) is 12.6. The maximum atomic E-state index is 3.71. The van der Waals surface area contributed by atoms with Gasteiger partial charge < -0.3 is 0 Å². The number of hydrogen-bond donors (Lipinski definition) is 0. The van der Waals surface area contributed by atoms with Gasteiger partial charge in [0.2, 0.25) is 0 Å². The highest BCUT2D eigenvalue weighted by Crippen LogP contribution is 2.03. The molecule has 0 bridgehead atoms. The molecule has 0 amide bonds. The van der Waals surface area contributed by atoms with Crippen LogP contribution < -0.4 is 0 Å². The molecule has 0 radical (unpaired) electrons. The Labute approximate surface area is 107 Å². The summed E-state index contributed by atoms with van der Waals surface area (Å²) in [6.45, 7) is 5.65. The van der Waals surface area contributed by atoms with Crippen molar-refractivity contribution >= 4 is 0 Å². The third-order valence-corrected chi connectivity index (χ3v) is 2.14. The summed E-state index contributed by atoms with van der Waals surface area (Å²) < 4.78 is 0. The van der Waals surface area contributed by atoms with Crippen molar-refractivity contribution in [3.8, 4) is 23.7 Å². The second-order valence-electron chi connectivity index (χ2n) is 3.67. The topological polar surface area (TPSA) is 0 Å². The highest BCUT2D eigenvalue weighted by atomic mass is 13.9. The Morgan fingerprint density at radius 2 is 1.82 bits per heavy atom. The number of hydrogen-bond acceptors (Lipinski definition) is 0. The fourth-order valence-electron chi connectivity index (χ4n) is 1.24. The fourth-order valence-corrected chi connectivity index (χ4v) is 1.24. The highest BCUT2D eigenvalue weighted by molar-refractivity contribution is 5.30. The van der Waals surface area contributed by atoms with E-state index in [-0.39, 0.29) is 0 Å². The van der Waals surface area contributed by atoms with Gasteiger partial charge >= 0.3 is 0 Å². The van der Waals surface area contributed by atoms with E-state index in [1.165, 1.54) is 19.3 Å². The standard InChI is InChI=1S/C17H22/c1-3-5-7-9-11-13-15-17-16-14-12-10-8-6-4-2/h3-4,6,15,17H,1,5,7,9,11,13,16H2,2H3/b6-4-,17-15?. The Bertz CT molecular complexity index is 347. The summed E-state index contributed by atoms with van der Waals surface area (Å²) in [5.41, 5.74) is 0. The van der Waals surface area contributed by atoms with E-state index in [1.54, 1.807) is 6.08 Å². The Morgan fingerprint density at radius 1 is 1.00 bits per heavy atom. The van der Waals surface area contributed by atoms with Crippen molar-refractivity contribution in [3.05, 3.63) is 37.0 Å². The van der Waals surface area contributed by atoms with Crippen LogP contribution in [0.3, 0.4) is 0 Å². The zero-order valence-electron chi connectivity index (χ0n) is 10.8. The molecule has 0 fully saturated rings. The molecule has 0 heterocycles. The first-order valence-corrected chi connectivity index (χ1v) is 6.27. The van der Waals surface area contributed by atoms with Crippen molar-refractivity contribution in [2.45, 2.75) is 45.4 Å². The Morgan fingerprint density at radius 3 is 2.59 bits per heavy atom. The van der Waals surface area contributed by atoms with E-state index in [4.69, 9.17) is 0 Å². The molecule has 0 N–H and O–H groups in total. The second kappa shape index (κ2) is 14.3. The van der Waals surface area contributed by atoms with E-state index < -0.39 is 0 Å². The van der Waals surface area contributed by atoms with Gasteiger partial charge in [0.15, 0.2) is 0 Å². The van der Waals surface area contributed by atoms with Gasteiger partial charge in [-0.05, 0) is 50.5 Å². The van der Waals surface area contributed by atoms with Crippen molar-refractivity contribution < 1.29 is 0 Å². The van der Waals surface area contributed by atoms with Gasteiger partial charge in [-0.3, -0.25) is 0 Å². The smallest absolute Gasteiger partial charge is 0.0279 e. The van der Waals surface area contributed by atoms with Crippen LogP contribution in [-0.2, 0) is 0 Å². The van der Waals surface area contributed by atoms with Crippen LogP contribution in [0, 0.1) is 23.7 Å². The van der Waals surface area contributed by atoms with Crippen LogP contribution in [0.25, 0.3) is 0 Å². The summed E-state index contributed by atoms with van der Waals surface area (Å²) in [6.07, 6.45) is 16.9. The summed E-state index contributed by atoms with van der Waals surface area (Å²) in [5, 5.41) is 0. The lowest BCUT2D eigenvalue weighted by Crippen LogP contribution is -1.74. The van der Waals surface area contributed by atoms with E-state index >= 15 is 0 Å². The van der Waals surface area contributed by atoms with Crippen molar-refractivity contribution in [1.82, 2.24) is 0 Å². The van der Waals surface area contributed by atoms with Gasteiger partial charge in [-0.2, -0.15) is 0 Å². The molecule has 0 aromatic carbocycles. The molecule has 0 rings (SSSR count). The van der Waals surface area contributed by atoms with E-state index in [1.807, 2.05) is 19.1 Å². The Kier molecular flexibility index (Phi) is 12.9. The predicted molar refractivity (Wildman–Crippen MR) is 77.4 cm³/mol. The monoisotopic (exact) mass is 226 g/mol. The van der Waals surface area contributed by atoms with Gasteiger partial charge in [0.05, 0.1) is 0 Å². The third kappa shape index (κ3) is 14.3. The summed E-state index contributed by atoms with van der Waals surface area (Å²) in [5.74, 6) is 11.4. The fraction of sp³-hybridized carbons (Fsp3) is 0.412. The molecule has 0 aliphatic heterocycles. The average Bonchev–Trinajstić information content (AvgIpc) is 2.35. The summed E-state index contributed by atoms with van der Waals surface area (Å²) in [4.78, 5) is 0. The summed E-state index contributed by atoms with van der Waals surface area (Å²) >= 11 is 0. The van der Waals surface area contributed by atoms with Gasteiger partial charge in [0.25, 0.3) is 0 Å². The number of allylic oxidation sites excluding steroid dienone is 5. The molecule has 0 aromatic rings. The van der Waals surface area contributed by atoms with Crippen LogP contribution in [0.5, 0.6) is 0 Å². The van der Waals surface area contributed by atoms with Crippen molar-refractivity contribution in [3.63, 3.8) is 0 Å². The molecular formula is C17H22. The van der Waals surface area contributed by atoms with Crippen LogP contribution in [0.4, 0.5) is 0 Å². The van der Waals surface area contributed by atoms with Crippen LogP contribution in [0.1, 0.15) is 45.4 Å². The summed E-state index contributed by atoms with van der Waals surface area (Å²) in [6, 6.07) is 0. The Balaban J connectivity index is 3.42. The number of unbranched alkanes of at least 4 members (excludes halogenated alkanes) is 4. The lowest BCUT2D eigenvalue weighted by molar-refractivity contribution is 0.696. The molecule has 0 aliphatic rings. The van der Waals surface area contributed by atoms with Gasteiger partial charge in [-0.25, -0.2) is 0 Å². The van der Waals surface area contributed by atoms with Crippen LogP contribution in [0.15, 0.2) is 37.0 Å². The van der Waals surface area contributed by atoms with E-state index in [0.29, 0.717) is 0 Å². The molecule has 90 valence electrons. The minimum Gasteiger partial charge on any atom is -0.103 e. The molecule has 0 aliphatic carbocycles. The van der Waals surface area contributed by atoms with Gasteiger partial charge in [-0.15, -0.1) is 6.58 Å². The molecule has 0 spiro atoms. The molecule has 0 nitrogen and oxygen atoms in total. The predicted octanol–water partition coefficient (Wildman–Crippen LogP) is 4.65. The van der Waals surface area contributed by atoms with Crippen molar-refractivity contribution in [2.75, 3.05) is 0 Å². The molecule has 17 heavy (non-hydrogen) atoms. The molecule has 0 saturated carbocycles. The van der Waals surface area contributed by atoms with Crippen LogP contribution in [0.2, 0.25) is 0 Å². The first kappa shape index (κ1) is 15.3. The highest BCUT2D eigenvalue weighted by Gasteiger charge is 1.84. The molecule has 0 heteroatoms. The van der Waals surface area contributed by atoms with Crippen molar-refractivity contribution in [1.29, 1.82) is 0 Å². The maximum absolute atomic E-state index is 3.71. The molecule has 0 saturated heterocycles. The minimum absolute atomic E-state index is 0.803. The van der Waals surface area contributed by atoms with Gasteiger partial charge in [-0.1, -0.05) is 42.6 Å². The zero-order valence-corrected chi connectivity index (χ0v) is 10.8. The molecule has 0 atom stereocenters.